The molecule has 0 radical (unpaired) electrons. The van der Waals surface area contributed by atoms with Crippen LogP contribution in [0.2, 0.25) is 0 Å². The summed E-state index contributed by atoms with van der Waals surface area (Å²) in [6.45, 7) is 0. The van der Waals surface area contributed by atoms with Crippen LogP contribution in [0.1, 0.15) is 29.5 Å². The van der Waals surface area contributed by atoms with E-state index < -0.39 is 60.4 Å². The summed E-state index contributed by atoms with van der Waals surface area (Å²) in [4.78, 5) is 12.9. The largest absolute Gasteiger partial charge is 0.494 e. The van der Waals surface area contributed by atoms with Gasteiger partial charge in [0, 0.05) is 18.9 Å². The Morgan fingerprint density at radius 1 is 0.900 bits per heavy atom. The lowest BCUT2D eigenvalue weighted by atomic mass is 9.77. The van der Waals surface area contributed by atoms with Crippen molar-refractivity contribution in [1.82, 2.24) is 5.32 Å². The average Bonchev–Trinajstić information content (AvgIpc) is 2.87. The summed E-state index contributed by atoms with van der Waals surface area (Å²) in [5.41, 5.74) is -2.05. The number of benzene rings is 3. The third-order valence-electron chi connectivity index (χ3n) is 5.82. The van der Waals surface area contributed by atoms with Gasteiger partial charge in [-0.1, -0.05) is 36.4 Å². The van der Waals surface area contributed by atoms with Crippen molar-refractivity contribution < 1.29 is 53.8 Å². The van der Waals surface area contributed by atoms with Gasteiger partial charge in [-0.15, -0.1) is 0 Å². The first-order valence-corrected chi connectivity index (χ1v) is 11.6. The fourth-order valence-electron chi connectivity index (χ4n) is 4.01. The third kappa shape index (κ3) is 7.60. The Balaban J connectivity index is 2.28. The molecule has 0 aromatic heterocycles. The molecule has 3 aromatic rings. The molecule has 13 heteroatoms. The summed E-state index contributed by atoms with van der Waals surface area (Å²) in [5, 5.41) is 2.42. The van der Waals surface area contributed by atoms with Crippen LogP contribution in [0.25, 0.3) is 0 Å². The van der Waals surface area contributed by atoms with Crippen LogP contribution in [0.15, 0.2) is 66.7 Å². The number of methoxy groups -OCH3 is 1. The molecule has 1 unspecified atom stereocenters. The van der Waals surface area contributed by atoms with E-state index in [0.717, 1.165) is 37.4 Å². The number of ether oxygens (including phenoxy) is 2. The van der Waals surface area contributed by atoms with Gasteiger partial charge in [0.05, 0.1) is 19.1 Å². The molecule has 4 nitrogen and oxygen atoms in total. The molecule has 0 saturated heterocycles. The molecular formula is C27H22F9NO3. The standard InChI is InChI=1S/C27H22F9NO3/c1-39-22-13-17(7-8-21(22)29)25(15-16-5-3-2-4-6-16,37-23(38)9-10-26(32,33)34)18-11-19(28)14-20(12-18)40-27(35,36)24(30)31/h2-8,11-14,24H,9-10,15H2,1H3,(H,37,38). The molecular weight excluding hydrogens is 557 g/mol. The number of rotatable bonds is 11. The van der Waals surface area contributed by atoms with Gasteiger partial charge in [-0.05, 0) is 41.0 Å². The van der Waals surface area contributed by atoms with Crippen LogP contribution in [0.4, 0.5) is 39.5 Å². The Hall–Kier alpha value is -3.90. The molecule has 3 rings (SSSR count). The number of hydrogen-bond donors (Lipinski definition) is 1. The highest BCUT2D eigenvalue weighted by Gasteiger charge is 2.45. The summed E-state index contributed by atoms with van der Waals surface area (Å²) in [6.07, 6.45) is -16.9. The van der Waals surface area contributed by atoms with Gasteiger partial charge in [0.2, 0.25) is 5.91 Å². The number of amides is 1. The average molecular weight is 579 g/mol. The molecule has 3 aromatic carbocycles. The number of alkyl halides is 7. The van der Waals surface area contributed by atoms with Gasteiger partial charge in [0.25, 0.3) is 0 Å². The lowest BCUT2D eigenvalue weighted by Crippen LogP contribution is -2.49. The van der Waals surface area contributed by atoms with Gasteiger partial charge in [-0.3, -0.25) is 4.79 Å². The van der Waals surface area contributed by atoms with E-state index in [-0.39, 0.29) is 23.3 Å². The van der Waals surface area contributed by atoms with E-state index in [2.05, 4.69) is 10.1 Å². The van der Waals surface area contributed by atoms with Gasteiger partial charge in [-0.2, -0.15) is 30.7 Å². The molecule has 0 heterocycles. The molecule has 0 saturated carbocycles. The number of carbonyl (C=O) groups excluding carboxylic acids is 1. The van der Waals surface area contributed by atoms with E-state index in [1.54, 1.807) is 30.3 Å². The summed E-state index contributed by atoms with van der Waals surface area (Å²) in [7, 11) is 1.11. The molecule has 1 atom stereocenters. The second kappa shape index (κ2) is 12.1. The lowest BCUT2D eigenvalue weighted by Gasteiger charge is -2.37. The highest BCUT2D eigenvalue weighted by Crippen LogP contribution is 2.39. The van der Waals surface area contributed by atoms with Crippen LogP contribution in [-0.2, 0) is 16.8 Å². The monoisotopic (exact) mass is 579 g/mol. The van der Waals surface area contributed by atoms with Crippen molar-refractivity contribution in [2.75, 3.05) is 7.11 Å². The smallest absolute Gasteiger partial charge is 0.461 e. The second-order valence-electron chi connectivity index (χ2n) is 8.72. The lowest BCUT2D eigenvalue weighted by molar-refractivity contribution is -0.253. The molecule has 1 N–H and O–H groups in total. The van der Waals surface area contributed by atoms with Crippen molar-refractivity contribution in [3.8, 4) is 11.5 Å². The molecule has 0 fully saturated rings. The molecule has 0 aliphatic carbocycles. The number of hydrogen-bond acceptors (Lipinski definition) is 3. The van der Waals surface area contributed by atoms with E-state index in [9.17, 15) is 44.3 Å². The van der Waals surface area contributed by atoms with Crippen molar-refractivity contribution in [2.24, 2.45) is 0 Å². The van der Waals surface area contributed by atoms with Crippen LogP contribution in [0.5, 0.6) is 11.5 Å². The van der Waals surface area contributed by atoms with E-state index in [1.165, 1.54) is 0 Å². The summed E-state index contributed by atoms with van der Waals surface area (Å²) in [6, 6.07) is 12.9. The summed E-state index contributed by atoms with van der Waals surface area (Å²) < 4.78 is 130. The normalized spacial score (nSPS) is 13.6. The van der Waals surface area contributed by atoms with Crippen LogP contribution in [0, 0.1) is 11.6 Å². The number of nitrogens with one attached hydrogen (secondary N) is 1. The van der Waals surface area contributed by atoms with E-state index in [4.69, 9.17) is 4.74 Å². The van der Waals surface area contributed by atoms with Crippen molar-refractivity contribution in [3.05, 3.63) is 95.1 Å². The van der Waals surface area contributed by atoms with Crippen molar-refractivity contribution in [3.63, 3.8) is 0 Å². The van der Waals surface area contributed by atoms with Crippen molar-refractivity contribution in [1.29, 1.82) is 0 Å². The van der Waals surface area contributed by atoms with E-state index >= 15 is 0 Å². The fraction of sp³-hybridized carbons (Fsp3) is 0.296. The molecule has 0 aliphatic heterocycles. The molecule has 216 valence electrons. The van der Waals surface area contributed by atoms with Gasteiger partial charge in [-0.25, -0.2) is 8.78 Å². The highest BCUT2D eigenvalue weighted by atomic mass is 19.4. The minimum atomic E-state index is -5.03. The maximum absolute atomic E-state index is 14.8. The van der Waals surface area contributed by atoms with Gasteiger partial charge in [0.1, 0.15) is 11.6 Å². The predicted octanol–water partition coefficient (Wildman–Crippen LogP) is 7.16. The Bertz CT molecular complexity index is 1320. The molecule has 1 amide bonds. The van der Waals surface area contributed by atoms with Crippen LogP contribution < -0.4 is 14.8 Å². The zero-order valence-corrected chi connectivity index (χ0v) is 20.7. The first-order chi connectivity index (χ1) is 18.6. The maximum atomic E-state index is 14.8. The van der Waals surface area contributed by atoms with Crippen LogP contribution >= 0.6 is 0 Å². The third-order valence-corrected chi connectivity index (χ3v) is 5.82. The minimum absolute atomic E-state index is 0.0490. The minimum Gasteiger partial charge on any atom is -0.494 e. The fourth-order valence-corrected chi connectivity index (χ4v) is 4.01. The summed E-state index contributed by atoms with van der Waals surface area (Å²) >= 11 is 0. The van der Waals surface area contributed by atoms with Crippen LogP contribution in [-0.4, -0.2) is 31.7 Å². The predicted molar refractivity (Wildman–Crippen MR) is 125 cm³/mol. The first kappa shape index (κ1) is 30.6. The zero-order valence-electron chi connectivity index (χ0n) is 20.7. The quantitative estimate of drug-likeness (QED) is 0.246. The van der Waals surface area contributed by atoms with Gasteiger partial charge < -0.3 is 14.8 Å². The zero-order chi connectivity index (χ0) is 29.7. The number of carbonyl (C=O) groups is 1. The SMILES string of the molecule is COc1cc(C(Cc2ccccc2)(NC(=O)CCC(F)(F)F)c2cc(F)cc(OC(F)(F)C(F)F)c2)ccc1F. The Kier molecular flexibility index (Phi) is 9.26. The topological polar surface area (TPSA) is 47.6 Å². The molecule has 0 bridgehead atoms. The number of halogens is 9. The Morgan fingerprint density at radius 2 is 1.57 bits per heavy atom. The van der Waals surface area contributed by atoms with Crippen molar-refractivity contribution >= 4 is 5.91 Å². The van der Waals surface area contributed by atoms with Gasteiger partial charge >= 0.3 is 18.7 Å². The first-order valence-electron chi connectivity index (χ1n) is 11.6. The molecule has 0 spiro atoms. The van der Waals surface area contributed by atoms with E-state index in [0.29, 0.717) is 11.6 Å². The van der Waals surface area contributed by atoms with Gasteiger partial charge in [0.15, 0.2) is 11.6 Å². The second-order valence-corrected chi connectivity index (χ2v) is 8.72. The van der Waals surface area contributed by atoms with Crippen LogP contribution in [0.3, 0.4) is 0 Å². The van der Waals surface area contributed by atoms with Crippen molar-refractivity contribution in [2.45, 2.75) is 43.5 Å². The Morgan fingerprint density at radius 3 is 2.17 bits per heavy atom. The molecule has 0 aliphatic rings. The van der Waals surface area contributed by atoms with E-state index in [1.807, 2.05) is 0 Å². The highest BCUT2D eigenvalue weighted by molar-refractivity contribution is 5.78. The maximum Gasteiger partial charge on any atom is 0.461 e. The summed E-state index contributed by atoms with van der Waals surface area (Å²) in [5.74, 6) is -4.72. The Labute approximate surface area is 222 Å². The molecule has 40 heavy (non-hydrogen) atoms.